The summed E-state index contributed by atoms with van der Waals surface area (Å²) >= 11 is 6.22. The van der Waals surface area contributed by atoms with Crippen LogP contribution in [0, 0.1) is 6.92 Å². The second-order valence-electron chi connectivity index (χ2n) is 6.07. The molecule has 0 aliphatic rings. The Balaban J connectivity index is 2.10. The highest BCUT2D eigenvalue weighted by Gasteiger charge is 2.19. The molecule has 1 N–H and O–H groups in total. The minimum Gasteiger partial charge on any atom is -0.495 e. The van der Waals surface area contributed by atoms with E-state index in [-0.39, 0.29) is 5.91 Å². The summed E-state index contributed by atoms with van der Waals surface area (Å²) in [6, 6.07) is 10.9. The third kappa shape index (κ3) is 3.55. The van der Waals surface area contributed by atoms with Gasteiger partial charge in [0, 0.05) is 17.1 Å². The van der Waals surface area contributed by atoms with Crippen LogP contribution in [0.3, 0.4) is 0 Å². The molecule has 1 amide bonds. The number of methoxy groups -OCH3 is 2. The van der Waals surface area contributed by atoms with Crippen molar-refractivity contribution in [1.82, 2.24) is 4.98 Å². The van der Waals surface area contributed by atoms with E-state index in [0.29, 0.717) is 27.8 Å². The van der Waals surface area contributed by atoms with Crippen molar-refractivity contribution in [3.8, 4) is 11.5 Å². The zero-order valence-electron chi connectivity index (χ0n) is 15.7. The predicted molar refractivity (Wildman–Crippen MR) is 108 cm³/mol. The fraction of sp³-hybridized carbons (Fsp3) is 0.238. The van der Waals surface area contributed by atoms with Crippen molar-refractivity contribution in [3.05, 3.63) is 58.2 Å². The van der Waals surface area contributed by atoms with Crippen molar-refractivity contribution in [1.29, 1.82) is 0 Å². The number of para-hydroxylation sites is 1. The molecule has 140 valence electrons. The van der Waals surface area contributed by atoms with Gasteiger partial charge in [0.15, 0.2) is 0 Å². The summed E-state index contributed by atoms with van der Waals surface area (Å²) in [6.07, 6.45) is 0.745. The number of ether oxygens (including phenoxy) is 2. The second-order valence-corrected chi connectivity index (χ2v) is 6.48. The van der Waals surface area contributed by atoms with Gasteiger partial charge in [-0.15, -0.1) is 0 Å². The molecule has 0 spiro atoms. The zero-order valence-corrected chi connectivity index (χ0v) is 16.5. The molecule has 2 aromatic carbocycles. The SMILES string of the molecule is CCc1nc2ccccc2c(C(=O)Nc2cc(Cl)c(OC)cc2OC)c1C. The minimum atomic E-state index is -0.236. The van der Waals surface area contributed by atoms with Crippen molar-refractivity contribution in [3.63, 3.8) is 0 Å². The van der Waals surface area contributed by atoms with Gasteiger partial charge in [0.2, 0.25) is 0 Å². The van der Waals surface area contributed by atoms with Crippen LogP contribution in [0.2, 0.25) is 5.02 Å². The first kappa shape index (κ1) is 19.0. The largest absolute Gasteiger partial charge is 0.495 e. The Morgan fingerprint density at radius 1 is 1.15 bits per heavy atom. The molecule has 0 saturated carbocycles. The number of hydrogen-bond donors (Lipinski definition) is 1. The lowest BCUT2D eigenvalue weighted by atomic mass is 9.99. The van der Waals surface area contributed by atoms with Gasteiger partial charge in [-0.2, -0.15) is 0 Å². The first-order chi connectivity index (χ1) is 13.0. The number of halogens is 1. The number of benzene rings is 2. The average Bonchev–Trinajstić information content (AvgIpc) is 2.67. The Bertz CT molecular complexity index is 1020. The van der Waals surface area contributed by atoms with Crippen molar-refractivity contribution in [2.75, 3.05) is 19.5 Å². The summed E-state index contributed by atoms with van der Waals surface area (Å²) < 4.78 is 10.6. The van der Waals surface area contributed by atoms with Crippen LogP contribution < -0.4 is 14.8 Å². The number of carbonyl (C=O) groups is 1. The molecule has 3 rings (SSSR count). The Morgan fingerprint density at radius 2 is 1.85 bits per heavy atom. The standard InChI is InChI=1S/C21H21ClN2O3/c1-5-15-12(2)20(13-8-6-7-9-16(13)23-15)21(25)24-17-10-14(22)18(26-3)11-19(17)27-4/h6-11H,5H2,1-4H3,(H,24,25). The van der Waals surface area contributed by atoms with Gasteiger partial charge in [-0.1, -0.05) is 36.7 Å². The van der Waals surface area contributed by atoms with E-state index >= 15 is 0 Å². The van der Waals surface area contributed by atoms with Crippen molar-refractivity contribution >= 4 is 34.1 Å². The lowest BCUT2D eigenvalue weighted by Gasteiger charge is -2.16. The van der Waals surface area contributed by atoms with Gasteiger partial charge < -0.3 is 14.8 Å². The number of hydrogen-bond acceptors (Lipinski definition) is 4. The predicted octanol–water partition coefficient (Wildman–Crippen LogP) is 5.03. The van der Waals surface area contributed by atoms with Crippen molar-refractivity contribution in [2.24, 2.45) is 0 Å². The fourth-order valence-corrected chi connectivity index (χ4v) is 3.38. The molecule has 0 bridgehead atoms. The molecule has 3 aromatic rings. The van der Waals surface area contributed by atoms with E-state index < -0.39 is 0 Å². The lowest BCUT2D eigenvalue weighted by Crippen LogP contribution is -2.16. The monoisotopic (exact) mass is 384 g/mol. The second kappa shape index (κ2) is 7.84. The third-order valence-electron chi connectivity index (χ3n) is 4.52. The van der Waals surface area contributed by atoms with E-state index in [0.717, 1.165) is 28.6 Å². The number of aryl methyl sites for hydroxylation is 1. The van der Waals surface area contributed by atoms with Crippen LogP contribution in [-0.4, -0.2) is 25.1 Å². The van der Waals surface area contributed by atoms with Gasteiger partial charge in [-0.25, -0.2) is 0 Å². The molecule has 0 unspecified atom stereocenters. The number of carbonyl (C=O) groups excluding carboxylic acids is 1. The molecule has 0 radical (unpaired) electrons. The van der Waals surface area contributed by atoms with Crippen LogP contribution in [0.4, 0.5) is 5.69 Å². The molecule has 0 aliphatic carbocycles. The van der Waals surface area contributed by atoms with Crippen molar-refractivity contribution < 1.29 is 14.3 Å². The van der Waals surface area contributed by atoms with Crippen LogP contribution in [-0.2, 0) is 6.42 Å². The van der Waals surface area contributed by atoms with E-state index in [1.54, 1.807) is 12.1 Å². The molecule has 5 nitrogen and oxygen atoms in total. The van der Waals surface area contributed by atoms with Gasteiger partial charge in [-0.3, -0.25) is 9.78 Å². The first-order valence-corrected chi connectivity index (χ1v) is 8.99. The topological polar surface area (TPSA) is 60.5 Å². The van der Waals surface area contributed by atoms with Crippen LogP contribution in [0.1, 0.15) is 28.5 Å². The highest BCUT2D eigenvalue weighted by Crippen LogP contribution is 2.36. The number of amides is 1. The van der Waals surface area contributed by atoms with Crippen molar-refractivity contribution in [2.45, 2.75) is 20.3 Å². The van der Waals surface area contributed by atoms with E-state index in [1.807, 2.05) is 38.1 Å². The number of rotatable bonds is 5. The maximum Gasteiger partial charge on any atom is 0.256 e. The van der Waals surface area contributed by atoms with Gasteiger partial charge in [0.25, 0.3) is 5.91 Å². The lowest BCUT2D eigenvalue weighted by molar-refractivity contribution is 0.102. The van der Waals surface area contributed by atoms with Crippen LogP contribution in [0.5, 0.6) is 11.5 Å². The number of nitrogens with zero attached hydrogens (tertiary/aromatic N) is 1. The first-order valence-electron chi connectivity index (χ1n) is 8.61. The van der Waals surface area contributed by atoms with Crippen LogP contribution in [0.15, 0.2) is 36.4 Å². The summed E-state index contributed by atoms with van der Waals surface area (Å²) in [5.74, 6) is 0.710. The zero-order chi connectivity index (χ0) is 19.6. The van der Waals surface area contributed by atoms with Crippen LogP contribution in [0.25, 0.3) is 10.9 Å². The smallest absolute Gasteiger partial charge is 0.256 e. The fourth-order valence-electron chi connectivity index (χ4n) is 3.14. The van der Waals surface area contributed by atoms with Gasteiger partial charge in [0.1, 0.15) is 11.5 Å². The third-order valence-corrected chi connectivity index (χ3v) is 4.82. The summed E-state index contributed by atoms with van der Waals surface area (Å²) in [5.41, 5.74) is 3.65. The minimum absolute atomic E-state index is 0.236. The normalized spacial score (nSPS) is 10.7. The number of anilines is 1. The Morgan fingerprint density at radius 3 is 2.52 bits per heavy atom. The summed E-state index contributed by atoms with van der Waals surface area (Å²) in [5, 5.41) is 4.12. The summed E-state index contributed by atoms with van der Waals surface area (Å²) in [6.45, 7) is 3.95. The van der Waals surface area contributed by atoms with E-state index in [1.165, 1.54) is 14.2 Å². The van der Waals surface area contributed by atoms with E-state index in [2.05, 4.69) is 10.3 Å². The average molecular weight is 385 g/mol. The molecule has 0 atom stereocenters. The Kier molecular flexibility index (Phi) is 5.51. The molecular formula is C21H21ClN2O3. The maximum atomic E-state index is 13.2. The number of aromatic nitrogens is 1. The van der Waals surface area contributed by atoms with E-state index in [4.69, 9.17) is 21.1 Å². The van der Waals surface area contributed by atoms with Crippen LogP contribution >= 0.6 is 11.6 Å². The highest BCUT2D eigenvalue weighted by molar-refractivity contribution is 6.32. The molecule has 1 aromatic heterocycles. The van der Waals surface area contributed by atoms with Gasteiger partial charge in [-0.05, 0) is 31.0 Å². The molecule has 0 aliphatic heterocycles. The Labute approximate surface area is 163 Å². The van der Waals surface area contributed by atoms with Gasteiger partial charge in [0.05, 0.1) is 36.0 Å². The molecule has 6 heteroatoms. The quantitative estimate of drug-likeness (QED) is 0.670. The molecular weight excluding hydrogens is 364 g/mol. The Hall–Kier alpha value is -2.79. The molecule has 27 heavy (non-hydrogen) atoms. The highest BCUT2D eigenvalue weighted by atomic mass is 35.5. The number of pyridine rings is 1. The molecule has 1 heterocycles. The number of fused-ring (bicyclic) bond motifs is 1. The molecule has 0 saturated heterocycles. The molecule has 0 fully saturated rings. The number of nitrogens with one attached hydrogen (secondary N) is 1. The maximum absolute atomic E-state index is 13.2. The summed E-state index contributed by atoms with van der Waals surface area (Å²) in [7, 11) is 3.05. The summed E-state index contributed by atoms with van der Waals surface area (Å²) in [4.78, 5) is 17.9. The van der Waals surface area contributed by atoms with Gasteiger partial charge >= 0.3 is 0 Å². The van der Waals surface area contributed by atoms with E-state index in [9.17, 15) is 4.79 Å².